The number of nitrogens with zero attached hydrogens (tertiary/aromatic N) is 2. The molecule has 106 valence electrons. The number of anilines is 1. The number of hydrogen-bond donors (Lipinski definition) is 1. The van der Waals surface area contributed by atoms with Crippen molar-refractivity contribution < 1.29 is 8.78 Å². The van der Waals surface area contributed by atoms with Crippen LogP contribution in [0, 0.1) is 11.6 Å². The van der Waals surface area contributed by atoms with Crippen molar-refractivity contribution in [3.8, 4) is 0 Å². The van der Waals surface area contributed by atoms with Crippen molar-refractivity contribution in [3.63, 3.8) is 0 Å². The summed E-state index contributed by atoms with van der Waals surface area (Å²) in [5.41, 5.74) is 0.287. The molecule has 0 saturated heterocycles. The fraction of sp³-hybridized carbons (Fsp3) is 0.286. The lowest BCUT2D eigenvalue weighted by molar-refractivity contribution is 0.507. The molecule has 0 saturated carbocycles. The van der Waals surface area contributed by atoms with Crippen LogP contribution in [0.3, 0.4) is 0 Å². The first-order valence-electron chi connectivity index (χ1n) is 6.24. The summed E-state index contributed by atoms with van der Waals surface area (Å²) in [5.74, 6) is -1.62. The van der Waals surface area contributed by atoms with E-state index in [0.29, 0.717) is 5.56 Å². The van der Waals surface area contributed by atoms with Gasteiger partial charge in [0.05, 0.1) is 0 Å². The fourth-order valence-electron chi connectivity index (χ4n) is 1.79. The van der Waals surface area contributed by atoms with Gasteiger partial charge < -0.3 is 9.88 Å². The highest BCUT2D eigenvalue weighted by Gasteiger charge is 2.08. The van der Waals surface area contributed by atoms with Gasteiger partial charge in [0.25, 0.3) is 5.56 Å². The molecule has 0 radical (unpaired) electrons. The maximum atomic E-state index is 13.1. The Morgan fingerprint density at radius 1 is 1.30 bits per heavy atom. The Labute approximate surface area is 115 Å². The number of hydrogen-bond acceptors (Lipinski definition) is 3. The van der Waals surface area contributed by atoms with Gasteiger partial charge in [-0.05, 0) is 31.5 Å². The second-order valence-corrected chi connectivity index (χ2v) is 4.68. The molecule has 0 aliphatic heterocycles. The van der Waals surface area contributed by atoms with Gasteiger partial charge in [-0.2, -0.15) is 0 Å². The number of aromatic nitrogens is 2. The van der Waals surface area contributed by atoms with Crippen LogP contribution in [0.5, 0.6) is 0 Å². The molecule has 1 heterocycles. The minimum atomic E-state index is -0.912. The van der Waals surface area contributed by atoms with E-state index in [9.17, 15) is 13.6 Å². The maximum absolute atomic E-state index is 13.1. The van der Waals surface area contributed by atoms with Gasteiger partial charge in [-0.15, -0.1) is 0 Å². The summed E-state index contributed by atoms with van der Waals surface area (Å²) in [6.07, 6.45) is 3.13. The van der Waals surface area contributed by atoms with E-state index in [0.717, 1.165) is 12.1 Å². The third-order valence-electron chi connectivity index (χ3n) is 2.87. The molecule has 0 aliphatic rings. The topological polar surface area (TPSA) is 46.9 Å². The zero-order valence-corrected chi connectivity index (χ0v) is 11.2. The number of halogens is 2. The number of benzene rings is 1. The minimum absolute atomic E-state index is 0.0225. The Balaban J connectivity index is 2.17. The smallest absolute Gasteiger partial charge is 0.293 e. The molecular weight excluding hydrogens is 264 g/mol. The van der Waals surface area contributed by atoms with Crippen molar-refractivity contribution in [2.24, 2.45) is 0 Å². The van der Waals surface area contributed by atoms with Crippen LogP contribution in [0.4, 0.5) is 14.6 Å². The van der Waals surface area contributed by atoms with Gasteiger partial charge in [0, 0.05) is 25.0 Å². The molecule has 0 bridgehead atoms. The summed E-state index contributed by atoms with van der Waals surface area (Å²) < 4.78 is 27.4. The standard InChI is InChI=1S/C14H15F2N3O/c1-9(2)19-6-5-17-13(14(19)20)18-8-10-3-4-11(15)12(16)7-10/h3-7,9H,8H2,1-2H3,(H,17,18). The van der Waals surface area contributed by atoms with Crippen LogP contribution < -0.4 is 10.9 Å². The Bertz CT molecular complexity index is 668. The van der Waals surface area contributed by atoms with Crippen LogP contribution in [-0.2, 0) is 6.54 Å². The monoisotopic (exact) mass is 279 g/mol. The highest BCUT2D eigenvalue weighted by atomic mass is 19.2. The van der Waals surface area contributed by atoms with Crippen molar-refractivity contribution in [1.82, 2.24) is 9.55 Å². The van der Waals surface area contributed by atoms with E-state index in [1.807, 2.05) is 13.8 Å². The fourth-order valence-corrected chi connectivity index (χ4v) is 1.79. The second kappa shape index (κ2) is 5.81. The van der Waals surface area contributed by atoms with Crippen LogP contribution in [-0.4, -0.2) is 9.55 Å². The number of nitrogens with one attached hydrogen (secondary N) is 1. The van der Waals surface area contributed by atoms with Crippen LogP contribution in [0.15, 0.2) is 35.4 Å². The van der Waals surface area contributed by atoms with E-state index in [4.69, 9.17) is 0 Å². The average molecular weight is 279 g/mol. The molecule has 0 atom stereocenters. The molecule has 4 nitrogen and oxygen atoms in total. The minimum Gasteiger partial charge on any atom is -0.361 e. The van der Waals surface area contributed by atoms with Gasteiger partial charge in [-0.3, -0.25) is 4.79 Å². The molecule has 2 aromatic rings. The molecule has 2 rings (SSSR count). The maximum Gasteiger partial charge on any atom is 0.293 e. The normalized spacial score (nSPS) is 10.8. The zero-order valence-electron chi connectivity index (χ0n) is 11.2. The van der Waals surface area contributed by atoms with Crippen LogP contribution in [0.25, 0.3) is 0 Å². The SMILES string of the molecule is CC(C)n1ccnc(NCc2ccc(F)c(F)c2)c1=O. The summed E-state index contributed by atoms with van der Waals surface area (Å²) in [5, 5.41) is 2.84. The second-order valence-electron chi connectivity index (χ2n) is 4.68. The lowest BCUT2D eigenvalue weighted by Gasteiger charge is -2.11. The molecule has 0 spiro atoms. The first-order valence-corrected chi connectivity index (χ1v) is 6.24. The number of rotatable bonds is 4. The Hall–Kier alpha value is -2.24. The van der Waals surface area contributed by atoms with Gasteiger partial charge in [0.2, 0.25) is 0 Å². The third kappa shape index (κ3) is 3.01. The molecule has 0 amide bonds. The van der Waals surface area contributed by atoms with E-state index in [1.165, 1.54) is 12.3 Å². The predicted molar refractivity (Wildman–Crippen MR) is 72.6 cm³/mol. The molecule has 1 N–H and O–H groups in total. The first kappa shape index (κ1) is 14.2. The van der Waals surface area contributed by atoms with Crippen LogP contribution in [0.2, 0.25) is 0 Å². The van der Waals surface area contributed by atoms with Gasteiger partial charge in [0.15, 0.2) is 17.5 Å². The summed E-state index contributed by atoms with van der Waals surface area (Å²) in [6, 6.07) is 3.62. The highest BCUT2D eigenvalue weighted by molar-refractivity contribution is 5.33. The molecule has 6 heteroatoms. The van der Waals surface area contributed by atoms with Gasteiger partial charge >= 0.3 is 0 Å². The zero-order chi connectivity index (χ0) is 14.7. The van der Waals surface area contributed by atoms with E-state index < -0.39 is 11.6 Å². The lowest BCUT2D eigenvalue weighted by Crippen LogP contribution is -2.25. The molecule has 1 aromatic carbocycles. The highest BCUT2D eigenvalue weighted by Crippen LogP contribution is 2.10. The summed E-state index contributed by atoms with van der Waals surface area (Å²) in [7, 11) is 0. The Kier molecular flexibility index (Phi) is 4.12. The van der Waals surface area contributed by atoms with Crippen molar-refractivity contribution in [1.29, 1.82) is 0 Å². The summed E-state index contributed by atoms with van der Waals surface area (Å²) in [6.45, 7) is 3.97. The van der Waals surface area contributed by atoms with E-state index in [-0.39, 0.29) is 24.0 Å². The van der Waals surface area contributed by atoms with E-state index >= 15 is 0 Å². The molecular formula is C14H15F2N3O. The molecule has 0 fully saturated rings. The first-order chi connectivity index (χ1) is 9.49. The van der Waals surface area contributed by atoms with Gasteiger partial charge in [0.1, 0.15) is 0 Å². The molecule has 0 aliphatic carbocycles. The third-order valence-corrected chi connectivity index (χ3v) is 2.87. The largest absolute Gasteiger partial charge is 0.361 e. The summed E-state index contributed by atoms with van der Waals surface area (Å²) >= 11 is 0. The quantitative estimate of drug-likeness (QED) is 0.936. The van der Waals surface area contributed by atoms with Gasteiger partial charge in [-0.25, -0.2) is 13.8 Å². The summed E-state index contributed by atoms with van der Waals surface area (Å²) in [4.78, 5) is 16.0. The molecule has 0 unspecified atom stereocenters. The molecule has 20 heavy (non-hydrogen) atoms. The van der Waals surface area contributed by atoms with Crippen molar-refractivity contribution in [3.05, 3.63) is 58.1 Å². The van der Waals surface area contributed by atoms with E-state index in [1.54, 1.807) is 10.8 Å². The lowest BCUT2D eigenvalue weighted by atomic mass is 10.2. The average Bonchev–Trinajstić information content (AvgIpc) is 2.41. The van der Waals surface area contributed by atoms with Crippen molar-refractivity contribution in [2.75, 3.05) is 5.32 Å². The molecule has 1 aromatic heterocycles. The predicted octanol–water partition coefficient (Wildman–Crippen LogP) is 2.71. The van der Waals surface area contributed by atoms with Crippen LogP contribution in [0.1, 0.15) is 25.5 Å². The Morgan fingerprint density at radius 2 is 2.05 bits per heavy atom. The van der Waals surface area contributed by atoms with Crippen molar-refractivity contribution in [2.45, 2.75) is 26.4 Å². The Morgan fingerprint density at radius 3 is 2.70 bits per heavy atom. The van der Waals surface area contributed by atoms with Crippen molar-refractivity contribution >= 4 is 5.82 Å². The van der Waals surface area contributed by atoms with Crippen LogP contribution >= 0.6 is 0 Å². The van der Waals surface area contributed by atoms with Gasteiger partial charge in [-0.1, -0.05) is 6.07 Å². The van der Waals surface area contributed by atoms with E-state index in [2.05, 4.69) is 10.3 Å².